The fraction of sp³-hybridized carbons (Fsp3) is 0.227. The Hall–Kier alpha value is -2.90. The molecule has 0 radical (unpaired) electrons. The summed E-state index contributed by atoms with van der Waals surface area (Å²) in [7, 11) is 0. The van der Waals surface area contributed by atoms with E-state index in [0.717, 1.165) is 4.88 Å². The number of anilines is 1. The molecule has 4 rings (SSSR count). The molecule has 0 atom stereocenters. The minimum atomic E-state index is -0.354. The first-order valence-corrected chi connectivity index (χ1v) is 10.9. The highest BCUT2D eigenvalue weighted by molar-refractivity contribution is 7.11. The van der Waals surface area contributed by atoms with Crippen LogP contribution in [0.3, 0.4) is 0 Å². The van der Waals surface area contributed by atoms with E-state index in [0.29, 0.717) is 37.6 Å². The van der Waals surface area contributed by atoms with Gasteiger partial charge in [0.05, 0.1) is 17.6 Å². The third kappa shape index (κ3) is 4.17. The molecule has 0 N–H and O–H groups in total. The lowest BCUT2D eigenvalue weighted by Gasteiger charge is -2.35. The minimum Gasteiger partial charge on any atom is -0.365 e. The standard InChI is InChI=1S/C22H21ClN4O2S/c1-16-9-14-30-19(16)7-8-20(28)26-12-10-25(11-13-26)18-15-24-27(22(29)21(18)23)17-5-3-2-4-6-17/h2-9,14-15H,10-13H2,1H3/b8-7+. The van der Waals surface area contributed by atoms with Crippen LogP contribution in [-0.2, 0) is 4.79 Å². The molecule has 6 nitrogen and oxygen atoms in total. The van der Waals surface area contributed by atoms with E-state index in [1.165, 1.54) is 10.2 Å². The number of aryl methyl sites for hydroxylation is 1. The minimum absolute atomic E-state index is 0.00818. The van der Waals surface area contributed by atoms with Crippen molar-refractivity contribution >= 4 is 40.6 Å². The van der Waals surface area contributed by atoms with E-state index in [1.807, 2.05) is 52.4 Å². The third-order valence-electron chi connectivity index (χ3n) is 5.11. The number of amides is 1. The van der Waals surface area contributed by atoms with Crippen LogP contribution in [0.25, 0.3) is 11.8 Å². The van der Waals surface area contributed by atoms with E-state index in [9.17, 15) is 9.59 Å². The third-order valence-corrected chi connectivity index (χ3v) is 6.45. The summed E-state index contributed by atoms with van der Waals surface area (Å²) in [5, 5.41) is 6.45. The van der Waals surface area contributed by atoms with Crippen molar-refractivity contribution in [1.82, 2.24) is 14.7 Å². The van der Waals surface area contributed by atoms with Gasteiger partial charge in [0.25, 0.3) is 5.56 Å². The fourth-order valence-electron chi connectivity index (χ4n) is 3.37. The molecule has 1 aromatic carbocycles. The van der Waals surface area contributed by atoms with Crippen LogP contribution in [0.15, 0.2) is 58.8 Å². The molecule has 3 aromatic rings. The molecule has 30 heavy (non-hydrogen) atoms. The van der Waals surface area contributed by atoms with Gasteiger partial charge in [-0.1, -0.05) is 29.8 Å². The van der Waals surface area contributed by atoms with Gasteiger partial charge in [0.2, 0.25) is 5.91 Å². The second-order valence-corrected chi connectivity index (χ2v) is 8.34. The molecular formula is C22H21ClN4O2S. The van der Waals surface area contributed by atoms with E-state index in [1.54, 1.807) is 35.7 Å². The van der Waals surface area contributed by atoms with Crippen molar-refractivity contribution in [3.8, 4) is 5.69 Å². The maximum Gasteiger partial charge on any atom is 0.292 e. The molecular weight excluding hydrogens is 420 g/mol. The monoisotopic (exact) mass is 440 g/mol. The van der Waals surface area contributed by atoms with Crippen LogP contribution >= 0.6 is 22.9 Å². The Balaban J connectivity index is 1.43. The number of halogens is 1. The van der Waals surface area contributed by atoms with E-state index in [2.05, 4.69) is 5.10 Å². The number of thiophene rings is 1. The van der Waals surface area contributed by atoms with E-state index >= 15 is 0 Å². The molecule has 154 valence electrons. The lowest BCUT2D eigenvalue weighted by Crippen LogP contribution is -2.48. The Morgan fingerprint density at radius 1 is 1.13 bits per heavy atom. The largest absolute Gasteiger partial charge is 0.365 e. The van der Waals surface area contributed by atoms with Gasteiger partial charge in [-0.15, -0.1) is 11.3 Å². The van der Waals surface area contributed by atoms with Gasteiger partial charge in [0.15, 0.2) is 0 Å². The summed E-state index contributed by atoms with van der Waals surface area (Å²) in [6, 6.07) is 11.2. The average molecular weight is 441 g/mol. The van der Waals surface area contributed by atoms with Gasteiger partial charge in [0, 0.05) is 37.1 Å². The molecule has 0 aliphatic carbocycles. The van der Waals surface area contributed by atoms with Crippen LogP contribution in [0, 0.1) is 6.92 Å². The van der Waals surface area contributed by atoms with E-state index in [-0.39, 0.29) is 16.5 Å². The highest BCUT2D eigenvalue weighted by Crippen LogP contribution is 2.23. The molecule has 1 aliphatic rings. The molecule has 2 aromatic heterocycles. The quantitative estimate of drug-likeness (QED) is 0.581. The van der Waals surface area contributed by atoms with E-state index in [4.69, 9.17) is 11.6 Å². The number of rotatable bonds is 4. The van der Waals surface area contributed by atoms with Crippen LogP contribution in [0.4, 0.5) is 5.69 Å². The molecule has 1 fully saturated rings. The Bertz CT molecular complexity index is 1130. The Kier molecular flexibility index (Phi) is 6.01. The number of aromatic nitrogens is 2. The lowest BCUT2D eigenvalue weighted by molar-refractivity contribution is -0.126. The van der Waals surface area contributed by atoms with Crippen LogP contribution in [0.1, 0.15) is 10.4 Å². The van der Waals surface area contributed by atoms with Crippen LogP contribution in [0.5, 0.6) is 0 Å². The van der Waals surface area contributed by atoms with Crippen molar-refractivity contribution < 1.29 is 4.79 Å². The summed E-state index contributed by atoms with van der Waals surface area (Å²) in [6.45, 7) is 4.33. The molecule has 0 spiro atoms. The van der Waals surface area contributed by atoms with Crippen LogP contribution in [0.2, 0.25) is 5.02 Å². The van der Waals surface area contributed by atoms with Crippen molar-refractivity contribution in [2.24, 2.45) is 0 Å². The number of carbonyl (C=O) groups is 1. The summed E-state index contributed by atoms with van der Waals surface area (Å²) >= 11 is 8.02. The fourth-order valence-corrected chi connectivity index (χ4v) is 4.44. The normalized spacial score (nSPS) is 14.5. The molecule has 0 unspecified atom stereocenters. The van der Waals surface area contributed by atoms with Gasteiger partial charge in [-0.25, -0.2) is 0 Å². The van der Waals surface area contributed by atoms with Crippen molar-refractivity contribution in [2.45, 2.75) is 6.92 Å². The van der Waals surface area contributed by atoms with Crippen LogP contribution in [-0.4, -0.2) is 46.8 Å². The molecule has 0 saturated carbocycles. The summed E-state index contributed by atoms with van der Waals surface area (Å²) in [6.07, 6.45) is 5.12. The van der Waals surface area contributed by atoms with E-state index < -0.39 is 0 Å². The average Bonchev–Trinajstić information content (AvgIpc) is 3.19. The Morgan fingerprint density at radius 2 is 1.87 bits per heavy atom. The summed E-state index contributed by atoms with van der Waals surface area (Å²) < 4.78 is 1.29. The first-order chi connectivity index (χ1) is 14.5. The maximum atomic E-state index is 12.7. The first-order valence-electron chi connectivity index (χ1n) is 9.64. The number of piperazine rings is 1. The molecule has 1 saturated heterocycles. The summed E-state index contributed by atoms with van der Waals surface area (Å²) in [4.78, 5) is 30.1. The highest BCUT2D eigenvalue weighted by atomic mass is 35.5. The van der Waals surface area contributed by atoms with Crippen LogP contribution < -0.4 is 10.5 Å². The Morgan fingerprint density at radius 3 is 2.53 bits per heavy atom. The molecule has 0 bridgehead atoms. The smallest absolute Gasteiger partial charge is 0.292 e. The molecule has 8 heteroatoms. The zero-order chi connectivity index (χ0) is 21.1. The summed E-state index contributed by atoms with van der Waals surface area (Å²) in [5.74, 6) is -0.00818. The zero-order valence-corrected chi connectivity index (χ0v) is 18.1. The number of carbonyl (C=O) groups excluding carboxylic acids is 1. The predicted octanol–water partition coefficient (Wildman–Crippen LogP) is 3.62. The second kappa shape index (κ2) is 8.85. The van der Waals surface area contributed by atoms with Crippen molar-refractivity contribution in [2.75, 3.05) is 31.1 Å². The predicted molar refractivity (Wildman–Crippen MR) is 122 cm³/mol. The Labute approximate surface area is 183 Å². The van der Waals surface area contributed by atoms with Crippen molar-refractivity contribution in [3.05, 3.63) is 79.9 Å². The summed E-state index contributed by atoms with van der Waals surface area (Å²) in [5.41, 5.74) is 2.08. The zero-order valence-electron chi connectivity index (χ0n) is 16.5. The SMILES string of the molecule is Cc1ccsc1/C=C/C(=O)N1CCN(c2cnn(-c3ccccc3)c(=O)c2Cl)CC1. The van der Waals surface area contributed by atoms with Crippen molar-refractivity contribution in [3.63, 3.8) is 0 Å². The molecule has 3 heterocycles. The number of benzene rings is 1. The van der Waals surface area contributed by atoms with Gasteiger partial charge in [0.1, 0.15) is 5.02 Å². The number of hydrogen-bond donors (Lipinski definition) is 0. The first kappa shape index (κ1) is 20.4. The molecule has 1 amide bonds. The second-order valence-electron chi connectivity index (χ2n) is 7.01. The van der Waals surface area contributed by atoms with Gasteiger partial charge >= 0.3 is 0 Å². The van der Waals surface area contributed by atoms with Gasteiger partial charge in [-0.05, 0) is 42.1 Å². The number of hydrogen-bond acceptors (Lipinski definition) is 5. The maximum absolute atomic E-state index is 12.7. The molecule has 1 aliphatic heterocycles. The van der Waals surface area contributed by atoms with Gasteiger partial charge < -0.3 is 9.80 Å². The van der Waals surface area contributed by atoms with Gasteiger partial charge in [-0.2, -0.15) is 9.78 Å². The topological polar surface area (TPSA) is 58.4 Å². The van der Waals surface area contributed by atoms with Gasteiger partial charge in [-0.3, -0.25) is 9.59 Å². The number of nitrogens with zero attached hydrogens (tertiary/aromatic N) is 4. The highest BCUT2D eigenvalue weighted by Gasteiger charge is 2.23. The number of para-hydroxylation sites is 1. The van der Waals surface area contributed by atoms with Crippen molar-refractivity contribution in [1.29, 1.82) is 0 Å². The lowest BCUT2D eigenvalue weighted by atomic mass is 10.2.